The van der Waals surface area contributed by atoms with Crippen LogP contribution in [0.3, 0.4) is 0 Å². The lowest BCUT2D eigenvalue weighted by molar-refractivity contribution is 0.988. The normalized spacial score (nSPS) is 11.5. The van der Waals surface area contributed by atoms with Crippen molar-refractivity contribution in [3.63, 3.8) is 0 Å². The average Bonchev–Trinajstić information content (AvgIpc) is 3.87. The molecule has 12 rings (SSSR count). The van der Waals surface area contributed by atoms with Gasteiger partial charge in [0, 0.05) is 39.6 Å². The molecule has 290 valence electrons. The monoisotopic (exact) mass is 792 g/mol. The van der Waals surface area contributed by atoms with E-state index < -0.39 is 0 Å². The molecule has 62 heavy (non-hydrogen) atoms. The summed E-state index contributed by atoms with van der Waals surface area (Å²) in [5.74, 6) is 0.564. The Bertz CT molecular complexity index is 3260. The third kappa shape index (κ3) is 6.04. The van der Waals surface area contributed by atoms with Gasteiger partial charge in [-0.3, -0.25) is 14.5 Å². The number of hydrogen-bond donors (Lipinski definition) is 0. The molecule has 7 aromatic carbocycles. The van der Waals surface area contributed by atoms with Crippen LogP contribution in [0.5, 0.6) is 0 Å². The topological polar surface area (TPSA) is 61.4 Å². The van der Waals surface area contributed by atoms with Gasteiger partial charge in [0.1, 0.15) is 0 Å². The molecule has 0 aliphatic heterocycles. The molecule has 6 heteroatoms. The highest BCUT2D eigenvalue weighted by atomic mass is 15.2. The van der Waals surface area contributed by atoms with Crippen LogP contribution in [0, 0.1) is 0 Å². The zero-order chi connectivity index (χ0) is 41.0. The summed E-state index contributed by atoms with van der Waals surface area (Å²) in [6.07, 6.45) is 3.58. The van der Waals surface area contributed by atoms with E-state index in [1.54, 1.807) is 12.4 Å². The van der Waals surface area contributed by atoms with Gasteiger partial charge in [-0.15, -0.1) is 0 Å². The van der Waals surface area contributed by atoms with Crippen LogP contribution in [0.15, 0.2) is 219 Å². The molecule has 0 atom stereocenters. The number of pyridine rings is 2. The van der Waals surface area contributed by atoms with Crippen molar-refractivity contribution >= 4 is 43.6 Å². The Morgan fingerprint density at radius 3 is 1.24 bits per heavy atom. The Labute approximate surface area is 357 Å². The standard InChI is InChI=1S/C56H36N6/c1-3-15-37(16-4-1)41-31-42(38-17-5-2-6-18-38)33-43(32-41)61-52-23-9-7-19-44(52)46-34-39(25-27-54(46)61)40-26-28-55-47(35-40)45-20-8-10-24-53(45)62(55)56-59-50(48-21-11-13-29-57-48)36-51(60-56)49-22-12-14-30-58-49/h1-36H. The summed E-state index contributed by atoms with van der Waals surface area (Å²) >= 11 is 0. The molecule has 0 spiro atoms. The predicted molar refractivity (Wildman–Crippen MR) is 253 cm³/mol. The zero-order valence-electron chi connectivity index (χ0n) is 33.5. The molecular formula is C56H36N6. The minimum atomic E-state index is 0.564. The summed E-state index contributed by atoms with van der Waals surface area (Å²) in [6.45, 7) is 0. The molecule has 12 aromatic rings. The van der Waals surface area contributed by atoms with E-state index >= 15 is 0 Å². The van der Waals surface area contributed by atoms with E-state index in [1.807, 2.05) is 42.5 Å². The van der Waals surface area contributed by atoms with Crippen LogP contribution in [0.25, 0.3) is 111 Å². The Hall–Kier alpha value is -8.48. The number of fused-ring (bicyclic) bond motifs is 6. The Morgan fingerprint density at radius 1 is 0.274 bits per heavy atom. The number of rotatable bonds is 7. The summed E-state index contributed by atoms with van der Waals surface area (Å²) in [4.78, 5) is 19.6. The SMILES string of the molecule is c1ccc(-c2cc(-c3ccccc3)cc(-n3c4ccccc4c4cc(-c5ccc6c(c5)c5ccccc5n6-c5nc(-c6ccccn6)cc(-c6ccccn6)n5)ccc43)c2)cc1. The molecule has 0 fully saturated rings. The fourth-order valence-corrected chi connectivity index (χ4v) is 8.96. The average molecular weight is 793 g/mol. The quantitative estimate of drug-likeness (QED) is 0.161. The van der Waals surface area contributed by atoms with Crippen molar-refractivity contribution in [2.45, 2.75) is 0 Å². The van der Waals surface area contributed by atoms with Gasteiger partial charge in [-0.1, -0.05) is 121 Å². The second-order valence-electron chi connectivity index (χ2n) is 15.5. The van der Waals surface area contributed by atoms with E-state index in [4.69, 9.17) is 9.97 Å². The van der Waals surface area contributed by atoms with Crippen molar-refractivity contribution in [1.82, 2.24) is 29.1 Å². The third-order valence-corrected chi connectivity index (χ3v) is 11.8. The summed E-state index contributed by atoms with van der Waals surface area (Å²) < 4.78 is 4.58. The van der Waals surface area contributed by atoms with Crippen molar-refractivity contribution in [3.05, 3.63) is 219 Å². The van der Waals surface area contributed by atoms with Gasteiger partial charge in [0.2, 0.25) is 5.95 Å². The second-order valence-corrected chi connectivity index (χ2v) is 15.5. The van der Waals surface area contributed by atoms with Crippen molar-refractivity contribution in [2.24, 2.45) is 0 Å². The van der Waals surface area contributed by atoms with Gasteiger partial charge in [-0.25, -0.2) is 9.97 Å². The summed E-state index contributed by atoms with van der Waals surface area (Å²) in [6, 6.07) is 72.8. The zero-order valence-corrected chi connectivity index (χ0v) is 33.5. The van der Waals surface area contributed by atoms with Gasteiger partial charge >= 0.3 is 0 Å². The van der Waals surface area contributed by atoms with E-state index in [1.165, 1.54) is 38.5 Å². The highest BCUT2D eigenvalue weighted by molar-refractivity contribution is 6.12. The van der Waals surface area contributed by atoms with Gasteiger partial charge in [0.15, 0.2) is 0 Å². The first-order chi connectivity index (χ1) is 30.7. The third-order valence-electron chi connectivity index (χ3n) is 11.8. The van der Waals surface area contributed by atoms with Gasteiger partial charge in [0.25, 0.3) is 0 Å². The summed E-state index contributed by atoms with van der Waals surface area (Å²) in [7, 11) is 0. The molecule has 0 saturated heterocycles. The lowest BCUT2D eigenvalue weighted by Crippen LogP contribution is -2.04. The molecule has 0 N–H and O–H groups in total. The molecule has 0 aliphatic rings. The molecule has 5 aromatic heterocycles. The number of hydrogen-bond acceptors (Lipinski definition) is 4. The molecular weight excluding hydrogens is 757 g/mol. The number of para-hydroxylation sites is 2. The molecule has 0 bridgehead atoms. The number of nitrogens with zero attached hydrogens (tertiary/aromatic N) is 6. The fourth-order valence-electron chi connectivity index (χ4n) is 8.96. The second kappa shape index (κ2) is 14.7. The summed E-state index contributed by atoms with van der Waals surface area (Å²) in [5, 5.41) is 4.66. The first-order valence-corrected chi connectivity index (χ1v) is 20.8. The Morgan fingerprint density at radius 2 is 0.726 bits per heavy atom. The lowest BCUT2D eigenvalue weighted by atomic mass is 9.98. The van der Waals surface area contributed by atoms with E-state index in [2.05, 4.69) is 183 Å². The van der Waals surface area contributed by atoms with Crippen molar-refractivity contribution in [3.8, 4) is 67.8 Å². The minimum Gasteiger partial charge on any atom is -0.309 e. The first-order valence-electron chi connectivity index (χ1n) is 20.8. The molecule has 0 aliphatic carbocycles. The highest BCUT2D eigenvalue weighted by Crippen LogP contribution is 2.40. The van der Waals surface area contributed by atoms with Gasteiger partial charge in [-0.05, 0) is 118 Å². The first kappa shape index (κ1) is 35.5. The molecule has 0 radical (unpaired) electrons. The van der Waals surface area contributed by atoms with Crippen LogP contribution < -0.4 is 0 Å². The van der Waals surface area contributed by atoms with Gasteiger partial charge in [-0.2, -0.15) is 0 Å². The molecule has 0 unspecified atom stereocenters. The van der Waals surface area contributed by atoms with Gasteiger partial charge in [0.05, 0.1) is 44.8 Å². The van der Waals surface area contributed by atoms with Crippen molar-refractivity contribution in [1.29, 1.82) is 0 Å². The maximum absolute atomic E-state index is 5.15. The van der Waals surface area contributed by atoms with Crippen LogP contribution in [-0.4, -0.2) is 29.1 Å². The maximum atomic E-state index is 5.15. The minimum absolute atomic E-state index is 0.564. The number of benzene rings is 7. The van der Waals surface area contributed by atoms with E-state index in [0.717, 1.165) is 66.9 Å². The van der Waals surface area contributed by atoms with Crippen LogP contribution in [0.2, 0.25) is 0 Å². The van der Waals surface area contributed by atoms with Crippen LogP contribution in [0.4, 0.5) is 0 Å². The largest absolute Gasteiger partial charge is 0.309 e. The van der Waals surface area contributed by atoms with E-state index in [9.17, 15) is 0 Å². The highest BCUT2D eigenvalue weighted by Gasteiger charge is 2.20. The molecule has 0 saturated carbocycles. The molecule has 5 heterocycles. The van der Waals surface area contributed by atoms with Crippen molar-refractivity contribution in [2.75, 3.05) is 0 Å². The van der Waals surface area contributed by atoms with Crippen LogP contribution >= 0.6 is 0 Å². The van der Waals surface area contributed by atoms with Crippen LogP contribution in [-0.2, 0) is 0 Å². The Balaban J connectivity index is 1.02. The Kier molecular flexibility index (Phi) is 8.38. The summed E-state index contributed by atoms with van der Waals surface area (Å²) in [5.41, 5.74) is 15.5. The van der Waals surface area contributed by atoms with E-state index in [0.29, 0.717) is 5.95 Å². The number of aromatic nitrogens is 6. The van der Waals surface area contributed by atoms with Crippen LogP contribution in [0.1, 0.15) is 0 Å². The van der Waals surface area contributed by atoms with E-state index in [-0.39, 0.29) is 0 Å². The predicted octanol–water partition coefficient (Wildman–Crippen LogP) is 13.8. The lowest BCUT2D eigenvalue weighted by Gasteiger charge is -2.14. The smallest absolute Gasteiger partial charge is 0.235 e. The van der Waals surface area contributed by atoms with Gasteiger partial charge < -0.3 is 4.57 Å². The molecule has 0 amide bonds. The fraction of sp³-hybridized carbons (Fsp3) is 0. The molecule has 6 nitrogen and oxygen atoms in total. The maximum Gasteiger partial charge on any atom is 0.235 e. The van der Waals surface area contributed by atoms with Crippen molar-refractivity contribution < 1.29 is 0 Å².